The van der Waals surface area contributed by atoms with Crippen LogP contribution in [0.5, 0.6) is 5.75 Å². The minimum Gasteiger partial charge on any atom is -0.482 e. The van der Waals surface area contributed by atoms with Crippen molar-refractivity contribution < 1.29 is 23.9 Å². The molecule has 7 heteroatoms. The Morgan fingerprint density at radius 2 is 2.13 bits per heavy atom. The van der Waals surface area contributed by atoms with E-state index in [0.29, 0.717) is 17.0 Å². The van der Waals surface area contributed by atoms with E-state index in [4.69, 9.17) is 21.1 Å². The second-order valence-corrected chi connectivity index (χ2v) is 5.85. The minimum atomic E-state index is -0.506. The zero-order chi connectivity index (χ0) is 17.0. The first-order chi connectivity index (χ1) is 10.9. The van der Waals surface area contributed by atoms with Gasteiger partial charge in [0.2, 0.25) is 0 Å². The van der Waals surface area contributed by atoms with E-state index in [9.17, 15) is 14.4 Å². The topological polar surface area (TPSA) is 72.9 Å². The Kier molecular flexibility index (Phi) is 5.60. The average Bonchev–Trinajstić information content (AvgIpc) is 2.54. The second-order valence-electron chi connectivity index (χ2n) is 5.58. The molecule has 1 heterocycles. The molecule has 0 bridgehead atoms. The van der Waals surface area contributed by atoms with Crippen LogP contribution in [0.2, 0.25) is 0 Å². The van der Waals surface area contributed by atoms with Gasteiger partial charge >= 0.3 is 5.97 Å². The fourth-order valence-electron chi connectivity index (χ4n) is 2.06. The molecular weight excluding hydrogens is 322 g/mol. The molecule has 1 aliphatic rings. The van der Waals surface area contributed by atoms with Crippen molar-refractivity contribution in [3.63, 3.8) is 0 Å². The number of nitrogens with zero attached hydrogens (tertiary/aromatic N) is 1. The van der Waals surface area contributed by atoms with Gasteiger partial charge in [-0.25, -0.2) is 0 Å². The van der Waals surface area contributed by atoms with E-state index in [2.05, 4.69) is 0 Å². The van der Waals surface area contributed by atoms with E-state index < -0.39 is 5.97 Å². The van der Waals surface area contributed by atoms with Gasteiger partial charge in [0.05, 0.1) is 18.2 Å². The molecule has 2 rings (SSSR count). The number of carbonyl (C=O) groups excluding carboxylic acids is 3. The van der Waals surface area contributed by atoms with Gasteiger partial charge in [-0.15, -0.1) is 11.6 Å². The van der Waals surface area contributed by atoms with Crippen LogP contribution in [0.15, 0.2) is 18.2 Å². The number of amides is 1. The fraction of sp³-hybridized carbons (Fsp3) is 0.438. The molecule has 1 aliphatic heterocycles. The highest BCUT2D eigenvalue weighted by Gasteiger charge is 2.28. The lowest BCUT2D eigenvalue weighted by Crippen LogP contribution is -2.42. The van der Waals surface area contributed by atoms with Crippen molar-refractivity contribution in [1.29, 1.82) is 0 Å². The number of rotatable bonds is 6. The van der Waals surface area contributed by atoms with Crippen molar-refractivity contribution in [1.82, 2.24) is 0 Å². The number of Topliss-reactive ketones (excluding diaryl/α,β-unsaturated/α-hetero) is 1. The third-order valence-corrected chi connectivity index (χ3v) is 3.45. The van der Waals surface area contributed by atoms with Crippen LogP contribution in [0.3, 0.4) is 0 Å². The lowest BCUT2D eigenvalue weighted by atomic mass is 10.1. The third kappa shape index (κ3) is 4.22. The van der Waals surface area contributed by atoms with Gasteiger partial charge in [-0.3, -0.25) is 19.3 Å². The molecule has 0 unspecified atom stereocenters. The number of anilines is 1. The zero-order valence-corrected chi connectivity index (χ0v) is 13.8. The molecule has 1 amide bonds. The number of hydrogen-bond donors (Lipinski definition) is 0. The maximum Gasteiger partial charge on any atom is 0.326 e. The summed E-state index contributed by atoms with van der Waals surface area (Å²) in [5.74, 6) is -0.658. The Balaban J connectivity index is 2.22. The summed E-state index contributed by atoms with van der Waals surface area (Å²) in [5.41, 5.74) is 0.733. The number of ether oxygens (including phenoxy) is 2. The Morgan fingerprint density at radius 3 is 2.78 bits per heavy atom. The average molecular weight is 340 g/mol. The van der Waals surface area contributed by atoms with Gasteiger partial charge in [0.25, 0.3) is 5.91 Å². The summed E-state index contributed by atoms with van der Waals surface area (Å²) in [6.07, 6.45) is 0. The molecule has 124 valence electrons. The van der Waals surface area contributed by atoms with Crippen LogP contribution in [0.4, 0.5) is 5.69 Å². The van der Waals surface area contributed by atoms with Crippen LogP contribution in [0.25, 0.3) is 0 Å². The van der Waals surface area contributed by atoms with Crippen LogP contribution in [0.1, 0.15) is 24.2 Å². The molecule has 0 spiro atoms. The first kappa shape index (κ1) is 17.3. The van der Waals surface area contributed by atoms with Gasteiger partial charge in [-0.1, -0.05) is 13.8 Å². The first-order valence-corrected chi connectivity index (χ1v) is 7.77. The fourth-order valence-corrected chi connectivity index (χ4v) is 2.21. The lowest BCUT2D eigenvalue weighted by molar-refractivity contribution is -0.144. The predicted octanol–water partition coefficient (Wildman–Crippen LogP) is 2.03. The second kappa shape index (κ2) is 7.46. The summed E-state index contributed by atoms with van der Waals surface area (Å²) < 4.78 is 10.4. The molecule has 0 aromatic heterocycles. The smallest absolute Gasteiger partial charge is 0.326 e. The van der Waals surface area contributed by atoms with Crippen LogP contribution in [-0.4, -0.2) is 43.3 Å². The van der Waals surface area contributed by atoms with E-state index in [1.165, 1.54) is 11.0 Å². The highest BCUT2D eigenvalue weighted by molar-refractivity contribution is 6.30. The van der Waals surface area contributed by atoms with Crippen LogP contribution in [0, 0.1) is 5.92 Å². The third-order valence-electron chi connectivity index (χ3n) is 3.21. The van der Waals surface area contributed by atoms with Crippen molar-refractivity contribution in [2.24, 2.45) is 5.92 Å². The Hall–Kier alpha value is -2.08. The normalized spacial score (nSPS) is 13.6. The number of hydrogen-bond acceptors (Lipinski definition) is 5. The predicted molar refractivity (Wildman–Crippen MR) is 85.1 cm³/mol. The van der Waals surface area contributed by atoms with Crippen LogP contribution >= 0.6 is 11.6 Å². The molecule has 0 fully saturated rings. The number of ketones is 1. The highest BCUT2D eigenvalue weighted by Crippen LogP contribution is 2.33. The van der Waals surface area contributed by atoms with E-state index in [1.807, 2.05) is 13.8 Å². The Morgan fingerprint density at radius 1 is 1.39 bits per heavy atom. The maximum absolute atomic E-state index is 12.1. The van der Waals surface area contributed by atoms with Crippen molar-refractivity contribution in [2.75, 3.05) is 30.5 Å². The molecule has 1 aromatic rings. The van der Waals surface area contributed by atoms with E-state index in [0.717, 1.165) is 0 Å². The van der Waals surface area contributed by atoms with E-state index in [1.54, 1.807) is 12.1 Å². The Bertz CT molecular complexity index is 629. The van der Waals surface area contributed by atoms with Gasteiger partial charge in [0.15, 0.2) is 12.4 Å². The molecule has 0 saturated heterocycles. The lowest BCUT2D eigenvalue weighted by Gasteiger charge is -2.29. The minimum absolute atomic E-state index is 0.159. The van der Waals surface area contributed by atoms with Gasteiger partial charge in [0.1, 0.15) is 12.3 Å². The molecular formula is C16H18ClNO5. The van der Waals surface area contributed by atoms with Gasteiger partial charge in [-0.05, 0) is 24.1 Å². The van der Waals surface area contributed by atoms with Gasteiger partial charge in [0, 0.05) is 5.56 Å². The highest BCUT2D eigenvalue weighted by atomic mass is 35.5. The zero-order valence-electron chi connectivity index (χ0n) is 13.0. The van der Waals surface area contributed by atoms with E-state index in [-0.39, 0.29) is 43.2 Å². The number of alkyl halides is 1. The molecule has 0 saturated carbocycles. The van der Waals surface area contributed by atoms with Gasteiger partial charge < -0.3 is 9.47 Å². The molecule has 1 aromatic carbocycles. The largest absolute Gasteiger partial charge is 0.482 e. The number of esters is 1. The standard InChI is InChI=1S/C16H18ClNO5/c1-10(2)8-23-16(21)7-18-12-5-11(13(19)6-17)3-4-14(12)22-9-15(18)20/h3-5,10H,6-9H2,1-2H3. The molecule has 6 nitrogen and oxygen atoms in total. The molecule has 23 heavy (non-hydrogen) atoms. The van der Waals surface area contributed by atoms with Gasteiger partial charge in [-0.2, -0.15) is 0 Å². The molecule has 0 atom stereocenters. The van der Waals surface area contributed by atoms with Crippen molar-refractivity contribution >= 4 is 34.9 Å². The number of carbonyl (C=O) groups is 3. The number of halogens is 1. The van der Waals surface area contributed by atoms with Crippen molar-refractivity contribution in [3.8, 4) is 5.75 Å². The summed E-state index contributed by atoms with van der Waals surface area (Å²) in [7, 11) is 0. The maximum atomic E-state index is 12.1. The SMILES string of the molecule is CC(C)COC(=O)CN1C(=O)COc2ccc(C(=O)CCl)cc21. The first-order valence-electron chi connectivity index (χ1n) is 7.24. The summed E-state index contributed by atoms with van der Waals surface area (Å²) in [6, 6.07) is 4.68. The molecule has 0 radical (unpaired) electrons. The van der Waals surface area contributed by atoms with Crippen LogP contribution in [-0.2, 0) is 14.3 Å². The van der Waals surface area contributed by atoms with Crippen LogP contribution < -0.4 is 9.64 Å². The summed E-state index contributed by atoms with van der Waals surface area (Å²) in [5, 5.41) is 0. The molecule has 0 N–H and O–H groups in total. The number of fused-ring (bicyclic) bond motifs is 1. The summed E-state index contributed by atoms with van der Waals surface area (Å²) in [4.78, 5) is 37.0. The quantitative estimate of drug-likeness (QED) is 0.450. The monoisotopic (exact) mass is 339 g/mol. The summed E-state index contributed by atoms with van der Waals surface area (Å²) in [6.45, 7) is 3.75. The number of benzene rings is 1. The molecule has 0 aliphatic carbocycles. The summed E-state index contributed by atoms with van der Waals surface area (Å²) >= 11 is 5.55. The van der Waals surface area contributed by atoms with Crippen molar-refractivity contribution in [3.05, 3.63) is 23.8 Å². The van der Waals surface area contributed by atoms with Crippen molar-refractivity contribution in [2.45, 2.75) is 13.8 Å². The Labute approximate surface area is 139 Å². The van der Waals surface area contributed by atoms with E-state index >= 15 is 0 Å².